The molecule has 0 N–H and O–H groups in total. The molecular formula is C14H8N4O2S. The number of nitro benzene ring substituents is 1. The molecular weight excluding hydrogens is 288 g/mol. The standard InChI is InChI=1S/C14H8N4O2S/c19-18(20)10-3-1-9(2-4-10)17-14-11-7-8-21-13(11)6-5-12(14)15-16-17/h1-8H. The quantitative estimate of drug-likeness (QED) is 0.419. The maximum Gasteiger partial charge on any atom is 0.269 e. The average molecular weight is 296 g/mol. The predicted octanol–water partition coefficient (Wildman–Crippen LogP) is 3.54. The fraction of sp³-hybridized carbons (Fsp3) is 0. The lowest BCUT2D eigenvalue weighted by atomic mass is 10.2. The minimum Gasteiger partial charge on any atom is -0.258 e. The van der Waals surface area contributed by atoms with Crippen LogP contribution in [0.3, 0.4) is 0 Å². The molecule has 2 heterocycles. The van der Waals surface area contributed by atoms with Crippen molar-refractivity contribution in [2.24, 2.45) is 0 Å². The van der Waals surface area contributed by atoms with E-state index in [1.807, 2.05) is 23.6 Å². The molecule has 0 atom stereocenters. The van der Waals surface area contributed by atoms with E-state index < -0.39 is 4.92 Å². The molecule has 0 radical (unpaired) electrons. The molecule has 4 rings (SSSR count). The second kappa shape index (κ2) is 4.35. The minimum atomic E-state index is -0.416. The van der Waals surface area contributed by atoms with Crippen LogP contribution in [0.5, 0.6) is 0 Å². The van der Waals surface area contributed by atoms with Crippen LogP contribution in [-0.4, -0.2) is 19.9 Å². The maximum atomic E-state index is 10.7. The van der Waals surface area contributed by atoms with Crippen LogP contribution in [0.15, 0.2) is 47.8 Å². The molecule has 7 heteroatoms. The van der Waals surface area contributed by atoms with Gasteiger partial charge in [-0.2, -0.15) is 0 Å². The number of nitrogens with zero attached hydrogens (tertiary/aromatic N) is 4. The molecule has 0 bridgehead atoms. The summed E-state index contributed by atoms with van der Waals surface area (Å²) < 4.78 is 2.88. The Labute approximate surface area is 122 Å². The van der Waals surface area contributed by atoms with Crippen molar-refractivity contribution < 1.29 is 4.92 Å². The highest BCUT2D eigenvalue weighted by Crippen LogP contribution is 2.29. The third kappa shape index (κ3) is 1.78. The number of hydrogen-bond donors (Lipinski definition) is 0. The highest BCUT2D eigenvalue weighted by Gasteiger charge is 2.12. The van der Waals surface area contributed by atoms with Gasteiger partial charge in [0, 0.05) is 22.2 Å². The normalized spacial score (nSPS) is 11.2. The fourth-order valence-corrected chi connectivity index (χ4v) is 3.14. The van der Waals surface area contributed by atoms with Crippen molar-refractivity contribution in [1.82, 2.24) is 15.0 Å². The molecule has 0 fully saturated rings. The summed E-state index contributed by atoms with van der Waals surface area (Å²) in [6.07, 6.45) is 0. The van der Waals surface area contributed by atoms with Crippen molar-refractivity contribution in [1.29, 1.82) is 0 Å². The van der Waals surface area contributed by atoms with Crippen molar-refractivity contribution >= 4 is 38.1 Å². The fourth-order valence-electron chi connectivity index (χ4n) is 2.35. The van der Waals surface area contributed by atoms with Gasteiger partial charge < -0.3 is 0 Å². The van der Waals surface area contributed by atoms with E-state index in [-0.39, 0.29) is 5.69 Å². The van der Waals surface area contributed by atoms with E-state index in [0.717, 1.165) is 26.8 Å². The lowest BCUT2D eigenvalue weighted by Crippen LogP contribution is -1.97. The first kappa shape index (κ1) is 12.0. The van der Waals surface area contributed by atoms with Gasteiger partial charge in [-0.25, -0.2) is 4.68 Å². The number of benzene rings is 2. The van der Waals surface area contributed by atoms with Gasteiger partial charge in [-0.15, -0.1) is 16.4 Å². The van der Waals surface area contributed by atoms with Crippen molar-refractivity contribution in [3.63, 3.8) is 0 Å². The summed E-state index contributed by atoms with van der Waals surface area (Å²) >= 11 is 1.66. The first-order valence-corrected chi connectivity index (χ1v) is 7.08. The number of aromatic nitrogens is 3. The van der Waals surface area contributed by atoms with Crippen molar-refractivity contribution in [2.75, 3.05) is 0 Å². The summed E-state index contributed by atoms with van der Waals surface area (Å²) in [6, 6.07) is 12.3. The summed E-state index contributed by atoms with van der Waals surface area (Å²) in [4.78, 5) is 10.3. The molecule has 0 saturated carbocycles. The van der Waals surface area contributed by atoms with Crippen LogP contribution in [0.4, 0.5) is 5.69 Å². The van der Waals surface area contributed by atoms with E-state index in [1.165, 1.54) is 12.1 Å². The first-order valence-electron chi connectivity index (χ1n) is 6.20. The SMILES string of the molecule is O=[N+]([O-])c1ccc(-n2nnc3ccc4sccc4c32)cc1. The highest BCUT2D eigenvalue weighted by molar-refractivity contribution is 7.17. The number of non-ortho nitro benzene ring substituents is 1. The predicted molar refractivity (Wildman–Crippen MR) is 80.9 cm³/mol. The molecule has 0 unspecified atom stereocenters. The van der Waals surface area contributed by atoms with E-state index in [2.05, 4.69) is 10.3 Å². The third-order valence-electron chi connectivity index (χ3n) is 3.34. The van der Waals surface area contributed by atoms with E-state index >= 15 is 0 Å². The molecule has 0 aliphatic carbocycles. The Morgan fingerprint density at radius 1 is 1.10 bits per heavy atom. The van der Waals surface area contributed by atoms with Gasteiger partial charge in [-0.3, -0.25) is 10.1 Å². The molecule has 0 amide bonds. The summed E-state index contributed by atoms with van der Waals surface area (Å²) in [5.74, 6) is 0. The van der Waals surface area contributed by atoms with Gasteiger partial charge in [0.25, 0.3) is 5.69 Å². The number of nitro groups is 1. The molecule has 0 spiro atoms. The number of thiophene rings is 1. The van der Waals surface area contributed by atoms with E-state index in [0.29, 0.717) is 0 Å². The Morgan fingerprint density at radius 2 is 1.90 bits per heavy atom. The topological polar surface area (TPSA) is 73.8 Å². The van der Waals surface area contributed by atoms with Gasteiger partial charge in [0.15, 0.2) is 0 Å². The van der Waals surface area contributed by atoms with Crippen LogP contribution >= 0.6 is 11.3 Å². The van der Waals surface area contributed by atoms with Crippen LogP contribution in [0.1, 0.15) is 0 Å². The van der Waals surface area contributed by atoms with Crippen molar-refractivity contribution in [3.8, 4) is 5.69 Å². The Balaban J connectivity index is 1.97. The van der Waals surface area contributed by atoms with E-state index in [1.54, 1.807) is 28.2 Å². The van der Waals surface area contributed by atoms with Crippen LogP contribution in [0, 0.1) is 10.1 Å². The lowest BCUT2D eigenvalue weighted by molar-refractivity contribution is -0.384. The Morgan fingerprint density at radius 3 is 2.67 bits per heavy atom. The molecule has 0 aliphatic heterocycles. The smallest absolute Gasteiger partial charge is 0.258 e. The molecule has 2 aromatic carbocycles. The molecule has 21 heavy (non-hydrogen) atoms. The Kier molecular flexibility index (Phi) is 2.48. The monoisotopic (exact) mass is 296 g/mol. The van der Waals surface area contributed by atoms with Crippen LogP contribution in [0.2, 0.25) is 0 Å². The van der Waals surface area contributed by atoms with Gasteiger partial charge in [0.1, 0.15) is 11.0 Å². The molecule has 4 aromatic rings. The Bertz CT molecular complexity index is 972. The first-order chi connectivity index (χ1) is 10.2. The lowest BCUT2D eigenvalue weighted by Gasteiger charge is -2.02. The zero-order valence-corrected chi connectivity index (χ0v) is 11.4. The third-order valence-corrected chi connectivity index (χ3v) is 4.23. The van der Waals surface area contributed by atoms with Gasteiger partial charge in [0.05, 0.1) is 10.6 Å². The second-order valence-electron chi connectivity index (χ2n) is 4.54. The van der Waals surface area contributed by atoms with E-state index in [4.69, 9.17) is 0 Å². The highest BCUT2D eigenvalue weighted by atomic mass is 32.1. The second-order valence-corrected chi connectivity index (χ2v) is 5.49. The van der Waals surface area contributed by atoms with Gasteiger partial charge in [-0.1, -0.05) is 5.21 Å². The number of rotatable bonds is 2. The largest absolute Gasteiger partial charge is 0.269 e. The molecule has 102 valence electrons. The summed E-state index contributed by atoms with van der Waals surface area (Å²) in [5.41, 5.74) is 2.53. The maximum absolute atomic E-state index is 10.7. The summed E-state index contributed by atoms with van der Waals surface area (Å²) in [7, 11) is 0. The number of fused-ring (bicyclic) bond motifs is 3. The number of hydrogen-bond acceptors (Lipinski definition) is 5. The molecule has 6 nitrogen and oxygen atoms in total. The van der Waals surface area contributed by atoms with Crippen LogP contribution < -0.4 is 0 Å². The zero-order chi connectivity index (χ0) is 14.4. The van der Waals surface area contributed by atoms with Crippen molar-refractivity contribution in [3.05, 3.63) is 58.0 Å². The summed E-state index contributed by atoms with van der Waals surface area (Å²) in [5, 5.41) is 22.2. The van der Waals surface area contributed by atoms with E-state index in [9.17, 15) is 10.1 Å². The van der Waals surface area contributed by atoms with Crippen LogP contribution in [-0.2, 0) is 0 Å². The zero-order valence-electron chi connectivity index (χ0n) is 10.6. The molecule has 2 aromatic heterocycles. The Hall–Kier alpha value is -2.80. The minimum absolute atomic E-state index is 0.0591. The van der Waals surface area contributed by atoms with Gasteiger partial charge >= 0.3 is 0 Å². The van der Waals surface area contributed by atoms with Crippen molar-refractivity contribution in [2.45, 2.75) is 0 Å². The molecule has 0 aliphatic rings. The summed E-state index contributed by atoms with van der Waals surface area (Å²) in [6.45, 7) is 0. The van der Waals surface area contributed by atoms with Gasteiger partial charge in [0.2, 0.25) is 0 Å². The average Bonchev–Trinajstić information content (AvgIpc) is 3.13. The molecule has 0 saturated heterocycles. The van der Waals surface area contributed by atoms with Gasteiger partial charge in [-0.05, 0) is 35.7 Å². The van der Waals surface area contributed by atoms with Crippen LogP contribution in [0.25, 0.3) is 26.8 Å².